The third-order valence-electron chi connectivity index (χ3n) is 4.14. The highest BCUT2D eigenvalue weighted by Gasteiger charge is 2.26. The van der Waals surface area contributed by atoms with Gasteiger partial charge in [0.15, 0.2) is 5.78 Å². The number of carbonyl (C=O) groups is 2. The van der Waals surface area contributed by atoms with E-state index in [1.807, 2.05) is 0 Å². The van der Waals surface area contributed by atoms with Gasteiger partial charge in [-0.25, -0.2) is 0 Å². The summed E-state index contributed by atoms with van der Waals surface area (Å²) in [7, 11) is 0. The number of benzene rings is 1. The maximum atomic E-state index is 12.3. The van der Waals surface area contributed by atoms with Gasteiger partial charge in [0.05, 0.1) is 12.1 Å². The number of hydrogen-bond donors (Lipinski definition) is 2. The zero-order valence-corrected chi connectivity index (χ0v) is 13.5. The molecule has 0 saturated heterocycles. The molecule has 22 heavy (non-hydrogen) atoms. The number of aliphatic hydroxyl groups excluding tert-OH is 1. The molecule has 2 rings (SSSR count). The molecule has 0 aliphatic heterocycles. The van der Waals surface area contributed by atoms with Crippen LogP contribution >= 0.6 is 11.6 Å². The number of hydrogen-bond acceptors (Lipinski definition) is 3. The Kier molecular flexibility index (Phi) is 5.98. The van der Waals surface area contributed by atoms with Crippen LogP contribution in [0.2, 0.25) is 5.02 Å². The van der Waals surface area contributed by atoms with E-state index in [1.54, 1.807) is 31.2 Å². The first-order valence-electron chi connectivity index (χ1n) is 7.74. The van der Waals surface area contributed by atoms with Crippen molar-refractivity contribution in [2.45, 2.75) is 51.2 Å². The third-order valence-corrected chi connectivity index (χ3v) is 4.40. The standard InChI is InChI=1S/C17H22ClNO3/c1-11(17(22)12-6-8-13(18)9-7-12)10-16(21)19-14-4-2-3-5-15(14)20/h6-9,11,14-15,20H,2-5,10H2,1H3,(H,19,21). The van der Waals surface area contributed by atoms with Crippen LogP contribution in [0.3, 0.4) is 0 Å². The van der Waals surface area contributed by atoms with E-state index in [2.05, 4.69) is 5.32 Å². The van der Waals surface area contributed by atoms with E-state index in [1.165, 1.54) is 0 Å². The Morgan fingerprint density at radius 1 is 1.27 bits per heavy atom. The summed E-state index contributed by atoms with van der Waals surface area (Å²) in [4.78, 5) is 24.3. The summed E-state index contributed by atoms with van der Waals surface area (Å²) in [5, 5.41) is 13.3. The molecular weight excluding hydrogens is 302 g/mol. The van der Waals surface area contributed by atoms with Gasteiger partial charge >= 0.3 is 0 Å². The predicted molar refractivity (Wildman–Crippen MR) is 86.0 cm³/mol. The molecule has 1 fully saturated rings. The van der Waals surface area contributed by atoms with Crippen molar-refractivity contribution in [1.82, 2.24) is 5.32 Å². The van der Waals surface area contributed by atoms with Crippen molar-refractivity contribution in [1.29, 1.82) is 0 Å². The van der Waals surface area contributed by atoms with Gasteiger partial charge in [-0.1, -0.05) is 31.4 Å². The Labute approximate surface area is 135 Å². The maximum absolute atomic E-state index is 12.3. The number of Topliss-reactive ketones (excluding diaryl/α,β-unsaturated/α-hetero) is 1. The molecule has 5 heteroatoms. The largest absolute Gasteiger partial charge is 0.391 e. The first-order chi connectivity index (χ1) is 10.5. The van der Waals surface area contributed by atoms with Gasteiger partial charge in [0.25, 0.3) is 0 Å². The van der Waals surface area contributed by atoms with Crippen LogP contribution in [0, 0.1) is 5.92 Å². The first-order valence-corrected chi connectivity index (χ1v) is 8.12. The highest BCUT2D eigenvalue weighted by atomic mass is 35.5. The molecule has 1 aromatic rings. The van der Waals surface area contributed by atoms with Crippen molar-refractivity contribution in [3.63, 3.8) is 0 Å². The van der Waals surface area contributed by atoms with Crippen LogP contribution in [-0.2, 0) is 4.79 Å². The minimum absolute atomic E-state index is 0.0731. The quantitative estimate of drug-likeness (QED) is 0.819. The fourth-order valence-electron chi connectivity index (χ4n) is 2.81. The van der Waals surface area contributed by atoms with Crippen LogP contribution in [0.15, 0.2) is 24.3 Å². The molecule has 120 valence electrons. The molecule has 0 heterocycles. The van der Waals surface area contributed by atoms with Crippen molar-refractivity contribution in [3.8, 4) is 0 Å². The van der Waals surface area contributed by atoms with Crippen molar-refractivity contribution in [3.05, 3.63) is 34.9 Å². The number of ketones is 1. The first kappa shape index (κ1) is 17.0. The van der Waals surface area contributed by atoms with Crippen LogP contribution < -0.4 is 5.32 Å². The van der Waals surface area contributed by atoms with E-state index in [0.717, 1.165) is 25.7 Å². The molecule has 0 radical (unpaired) electrons. The third kappa shape index (κ3) is 4.55. The Morgan fingerprint density at radius 3 is 2.55 bits per heavy atom. The van der Waals surface area contributed by atoms with Crippen LogP contribution in [0.1, 0.15) is 49.4 Å². The molecule has 0 spiro atoms. The van der Waals surface area contributed by atoms with E-state index in [-0.39, 0.29) is 24.2 Å². The van der Waals surface area contributed by atoms with Crippen LogP contribution in [0.4, 0.5) is 0 Å². The molecule has 4 nitrogen and oxygen atoms in total. The highest BCUT2D eigenvalue weighted by molar-refractivity contribution is 6.30. The molecular formula is C17H22ClNO3. The van der Waals surface area contributed by atoms with Crippen molar-refractivity contribution < 1.29 is 14.7 Å². The van der Waals surface area contributed by atoms with Gasteiger partial charge in [-0.15, -0.1) is 0 Å². The van der Waals surface area contributed by atoms with Gasteiger partial charge in [-0.2, -0.15) is 0 Å². The predicted octanol–water partition coefficient (Wildman–Crippen LogP) is 2.97. The smallest absolute Gasteiger partial charge is 0.221 e. The number of rotatable bonds is 5. The van der Waals surface area contributed by atoms with E-state index in [4.69, 9.17) is 11.6 Å². The molecule has 1 amide bonds. The lowest BCUT2D eigenvalue weighted by molar-refractivity contribution is -0.123. The second kappa shape index (κ2) is 7.75. The fraction of sp³-hybridized carbons (Fsp3) is 0.529. The van der Waals surface area contributed by atoms with E-state index >= 15 is 0 Å². The van der Waals surface area contributed by atoms with E-state index in [0.29, 0.717) is 10.6 Å². The Balaban J connectivity index is 1.87. The molecule has 3 atom stereocenters. The lowest BCUT2D eigenvalue weighted by Crippen LogP contribution is -2.45. The van der Waals surface area contributed by atoms with Crippen LogP contribution in [0.25, 0.3) is 0 Å². The number of halogens is 1. The molecule has 2 N–H and O–H groups in total. The van der Waals surface area contributed by atoms with Crippen molar-refractivity contribution in [2.24, 2.45) is 5.92 Å². The van der Waals surface area contributed by atoms with Gasteiger partial charge in [0, 0.05) is 22.9 Å². The zero-order valence-electron chi connectivity index (χ0n) is 12.7. The second-order valence-corrected chi connectivity index (χ2v) is 6.44. The number of nitrogens with one attached hydrogen (secondary N) is 1. The minimum Gasteiger partial charge on any atom is -0.391 e. The summed E-state index contributed by atoms with van der Waals surface area (Å²) >= 11 is 5.80. The zero-order chi connectivity index (χ0) is 16.1. The molecule has 0 aromatic heterocycles. The number of aliphatic hydroxyl groups is 1. The van der Waals surface area contributed by atoms with Crippen molar-refractivity contribution >= 4 is 23.3 Å². The van der Waals surface area contributed by atoms with Crippen LogP contribution in [-0.4, -0.2) is 28.9 Å². The summed E-state index contributed by atoms with van der Waals surface area (Å²) < 4.78 is 0. The van der Waals surface area contributed by atoms with E-state index in [9.17, 15) is 14.7 Å². The second-order valence-electron chi connectivity index (χ2n) is 6.00. The lowest BCUT2D eigenvalue weighted by atomic mass is 9.91. The van der Waals surface area contributed by atoms with Gasteiger partial charge in [0.1, 0.15) is 0 Å². The SMILES string of the molecule is CC(CC(=O)NC1CCCCC1O)C(=O)c1ccc(Cl)cc1. The summed E-state index contributed by atoms with van der Waals surface area (Å²) in [5.74, 6) is -0.654. The molecule has 1 aliphatic carbocycles. The molecule has 1 saturated carbocycles. The monoisotopic (exact) mass is 323 g/mol. The average Bonchev–Trinajstić information content (AvgIpc) is 2.49. The average molecular weight is 324 g/mol. The molecule has 3 unspecified atom stereocenters. The summed E-state index contributed by atoms with van der Waals surface area (Å²) in [5.41, 5.74) is 0.558. The maximum Gasteiger partial charge on any atom is 0.221 e. The molecule has 1 aliphatic rings. The van der Waals surface area contributed by atoms with Gasteiger partial charge in [0.2, 0.25) is 5.91 Å². The Hall–Kier alpha value is -1.39. The minimum atomic E-state index is -0.472. The number of amides is 1. The van der Waals surface area contributed by atoms with Gasteiger partial charge < -0.3 is 10.4 Å². The highest BCUT2D eigenvalue weighted by Crippen LogP contribution is 2.19. The normalized spacial score (nSPS) is 22.9. The van der Waals surface area contributed by atoms with Crippen molar-refractivity contribution in [2.75, 3.05) is 0 Å². The topological polar surface area (TPSA) is 66.4 Å². The Bertz CT molecular complexity index is 529. The molecule has 0 bridgehead atoms. The summed E-state index contributed by atoms with van der Waals surface area (Å²) in [6.07, 6.45) is 3.20. The van der Waals surface area contributed by atoms with Crippen LogP contribution in [0.5, 0.6) is 0 Å². The fourth-order valence-corrected chi connectivity index (χ4v) is 2.94. The lowest BCUT2D eigenvalue weighted by Gasteiger charge is -2.28. The molecule has 1 aromatic carbocycles. The summed E-state index contributed by atoms with van der Waals surface area (Å²) in [6, 6.07) is 6.49. The Morgan fingerprint density at radius 2 is 1.91 bits per heavy atom. The van der Waals surface area contributed by atoms with Gasteiger partial charge in [-0.3, -0.25) is 9.59 Å². The summed E-state index contributed by atoms with van der Waals surface area (Å²) in [6.45, 7) is 1.74. The number of carbonyl (C=O) groups excluding carboxylic acids is 2. The van der Waals surface area contributed by atoms with Gasteiger partial charge in [-0.05, 0) is 37.1 Å². The van der Waals surface area contributed by atoms with E-state index < -0.39 is 12.0 Å².